The molecule has 1 unspecified atom stereocenters. The van der Waals surface area contributed by atoms with Gasteiger partial charge in [-0.3, -0.25) is 28.8 Å². The molecule has 1 aliphatic carbocycles. The average molecular weight is 1040 g/mol. The van der Waals surface area contributed by atoms with Crippen molar-refractivity contribution in [2.75, 3.05) is 19.7 Å². The first-order valence-corrected chi connectivity index (χ1v) is 21.3. The van der Waals surface area contributed by atoms with E-state index in [4.69, 9.17) is 67.9 Å². The number of nitrogens with zero attached hydrogens (tertiary/aromatic N) is 9. The van der Waals surface area contributed by atoms with Gasteiger partial charge in [0.05, 0.1) is 23.1 Å². The van der Waals surface area contributed by atoms with Crippen LogP contribution in [0.4, 0.5) is 4.39 Å². The van der Waals surface area contributed by atoms with Crippen LogP contribution in [-0.2, 0) is 85.6 Å². The highest BCUT2D eigenvalue weighted by Crippen LogP contribution is 2.42. The second-order valence-electron chi connectivity index (χ2n) is 15.2. The van der Waals surface area contributed by atoms with Gasteiger partial charge in [-0.2, -0.15) is 0 Å². The number of rotatable bonds is 18. The molecular weight excluding hydrogens is 992 g/mol. The van der Waals surface area contributed by atoms with Crippen molar-refractivity contribution in [1.29, 1.82) is 0 Å². The molecule has 0 aromatic heterocycles. The summed E-state index contributed by atoms with van der Waals surface area (Å²) in [7, 11) is 0. The van der Waals surface area contributed by atoms with Gasteiger partial charge in [-0.25, -0.2) is 4.39 Å². The van der Waals surface area contributed by atoms with Gasteiger partial charge in [-0.05, 0) is 28.9 Å². The molecular formula is C36H49FIN9O18. The summed E-state index contributed by atoms with van der Waals surface area (Å²) in [6.07, 6.45) is -22.1. The molecule has 65 heavy (non-hydrogen) atoms. The number of hydrogen-bond donors (Lipinski definition) is 0. The van der Waals surface area contributed by atoms with E-state index in [0.717, 1.165) is 41.5 Å². The fourth-order valence-corrected chi connectivity index (χ4v) is 9.18. The lowest BCUT2D eigenvalue weighted by molar-refractivity contribution is -0.307. The monoisotopic (exact) mass is 1040 g/mol. The second kappa shape index (κ2) is 24.6. The summed E-state index contributed by atoms with van der Waals surface area (Å²) in [5.41, 5.74) is 27.6. The molecule has 27 nitrogen and oxygen atoms in total. The number of carbonyl (C=O) groups is 6. The summed E-state index contributed by atoms with van der Waals surface area (Å²) in [5.74, 6) is -5.39. The standard InChI is InChI=1S/C36H49FIN9O18/c1-13-8-20(38)29(56-16(4)50)33(28(13)64-35-27(44-47-41)26(37)31(58-18(6)52)23(61-35)11-43-46-40)65-36-34(59-19(7)53)32(24(62-36)12-54-14(2)48)63-25-9-21(55-15(3)49)30(57-17(5)51)22(60-25)10-42-45-39/h13,20-36H,8-12H2,1-7H3/t13-,20+,21+,22-,23+,24+,25+,26-,27?,28+,29-,30-,31+,32+,33-,34+,35+,36-/m0/s1. The Bertz CT molecular complexity index is 1870. The lowest BCUT2D eigenvalue weighted by Crippen LogP contribution is -2.62. The van der Waals surface area contributed by atoms with E-state index in [-0.39, 0.29) is 12.8 Å². The molecule has 0 aromatic carbocycles. The van der Waals surface area contributed by atoms with Gasteiger partial charge in [0.1, 0.15) is 55.4 Å². The van der Waals surface area contributed by atoms with E-state index in [9.17, 15) is 34.3 Å². The van der Waals surface area contributed by atoms with Gasteiger partial charge in [0.2, 0.25) is 0 Å². The fourth-order valence-electron chi connectivity index (χ4n) is 7.82. The van der Waals surface area contributed by atoms with Crippen LogP contribution in [0, 0.1) is 5.92 Å². The van der Waals surface area contributed by atoms with Gasteiger partial charge in [-0.15, -0.1) is 0 Å². The van der Waals surface area contributed by atoms with Crippen LogP contribution in [0.15, 0.2) is 15.3 Å². The van der Waals surface area contributed by atoms with Crippen molar-refractivity contribution in [3.63, 3.8) is 0 Å². The molecule has 4 aliphatic rings. The van der Waals surface area contributed by atoms with Crippen LogP contribution in [0.5, 0.6) is 0 Å². The maximum absolute atomic E-state index is 16.3. The zero-order valence-corrected chi connectivity index (χ0v) is 38.2. The molecule has 4 fully saturated rings. The molecule has 1 saturated carbocycles. The molecule has 3 aliphatic heterocycles. The molecule has 0 N–H and O–H groups in total. The smallest absolute Gasteiger partial charge is 0.303 e. The summed E-state index contributed by atoms with van der Waals surface area (Å²) in [5, 5.41) is 10.5. The molecule has 3 heterocycles. The molecule has 0 bridgehead atoms. The Labute approximate surface area is 383 Å². The molecule has 0 aromatic rings. The number of carbonyl (C=O) groups excluding carboxylic acids is 6. The van der Waals surface area contributed by atoms with Gasteiger partial charge in [0, 0.05) is 62.7 Å². The minimum Gasteiger partial charge on any atom is -0.463 e. The fraction of sp³-hybridized carbons (Fsp3) is 0.833. The summed E-state index contributed by atoms with van der Waals surface area (Å²) < 4.78 is 86.2. The topological polar surface area (TPSA) is 359 Å². The average Bonchev–Trinajstić information content (AvgIpc) is 3.51. The Morgan fingerprint density at radius 2 is 1.12 bits per heavy atom. The van der Waals surface area contributed by atoms with E-state index in [1.165, 1.54) is 0 Å². The SMILES string of the molecule is CC(=O)OC[C@H]1O[C@@H](O[C@@H]2[C@@H](OC(C)=O)[C@H](I)C[C@H](C)[C@H]2O[C@H]2O[C@H](CN=[N+]=[N-])[C@@H](OC(C)=O)[C@@H](F)C2N=[N+]=[N-])[C@H](OC(C)=O)[C@@H]1O[C@@H]1C[C@@H](OC(C)=O)[C@H](OC(C)=O)[C@H](CN=[N+]=[N-])O1. The van der Waals surface area contributed by atoms with Crippen molar-refractivity contribution in [3.8, 4) is 0 Å². The van der Waals surface area contributed by atoms with Crippen LogP contribution in [0.2, 0.25) is 0 Å². The van der Waals surface area contributed by atoms with E-state index in [1.807, 2.05) is 22.6 Å². The number of azide groups is 3. The highest BCUT2D eigenvalue weighted by molar-refractivity contribution is 14.1. The predicted molar refractivity (Wildman–Crippen MR) is 217 cm³/mol. The first kappa shape index (κ1) is 52.8. The maximum Gasteiger partial charge on any atom is 0.303 e. The third kappa shape index (κ3) is 14.6. The first-order chi connectivity index (χ1) is 30.8. The van der Waals surface area contributed by atoms with E-state index in [0.29, 0.717) is 0 Å². The minimum absolute atomic E-state index is 0.285. The lowest BCUT2D eigenvalue weighted by atomic mass is 9.83. The van der Waals surface area contributed by atoms with Gasteiger partial charge < -0.3 is 56.8 Å². The Balaban J connectivity index is 1.77. The minimum atomic E-state index is -2.25. The maximum atomic E-state index is 16.3. The normalized spacial score (nSPS) is 36.5. The number of ether oxygens (including phenoxy) is 12. The lowest BCUT2D eigenvalue weighted by Gasteiger charge is -2.47. The van der Waals surface area contributed by atoms with Gasteiger partial charge in [0.15, 0.2) is 43.4 Å². The van der Waals surface area contributed by atoms with E-state index < -0.39 is 164 Å². The first-order valence-electron chi connectivity index (χ1n) is 20.0. The predicted octanol–water partition coefficient (Wildman–Crippen LogP) is 3.41. The van der Waals surface area contributed by atoms with Crippen molar-refractivity contribution in [2.24, 2.45) is 21.3 Å². The zero-order chi connectivity index (χ0) is 48.1. The number of esters is 6. The molecule has 0 amide bonds. The highest BCUT2D eigenvalue weighted by atomic mass is 127. The third-order valence-electron chi connectivity index (χ3n) is 10.2. The largest absolute Gasteiger partial charge is 0.463 e. The zero-order valence-electron chi connectivity index (χ0n) is 36.1. The number of hydrogen-bond acceptors (Lipinski definition) is 21. The van der Waals surface area contributed by atoms with Gasteiger partial charge in [0.25, 0.3) is 0 Å². The van der Waals surface area contributed by atoms with Crippen LogP contribution in [0.3, 0.4) is 0 Å². The van der Waals surface area contributed by atoms with E-state index >= 15 is 4.39 Å². The number of alkyl halides is 2. The molecule has 0 spiro atoms. The van der Waals surface area contributed by atoms with Crippen molar-refractivity contribution < 1.29 is 90.0 Å². The number of halogens is 2. The van der Waals surface area contributed by atoms with Crippen LogP contribution >= 0.6 is 22.6 Å². The molecule has 3 saturated heterocycles. The molecule has 4 rings (SSSR count). The van der Waals surface area contributed by atoms with E-state index in [2.05, 4.69) is 30.1 Å². The third-order valence-corrected chi connectivity index (χ3v) is 11.4. The van der Waals surface area contributed by atoms with Crippen molar-refractivity contribution in [2.45, 2.75) is 163 Å². The van der Waals surface area contributed by atoms with Gasteiger partial charge >= 0.3 is 35.8 Å². The van der Waals surface area contributed by atoms with E-state index in [1.54, 1.807) is 6.92 Å². The molecule has 18 atom stereocenters. The Kier molecular flexibility index (Phi) is 20.0. The highest BCUT2D eigenvalue weighted by Gasteiger charge is 2.57. The quantitative estimate of drug-likeness (QED) is 0.0361. The van der Waals surface area contributed by atoms with Crippen molar-refractivity contribution >= 4 is 58.4 Å². The Hall–Kier alpha value is -4.83. The Morgan fingerprint density at radius 1 is 0.600 bits per heavy atom. The molecule has 29 heteroatoms. The van der Waals surface area contributed by atoms with Crippen molar-refractivity contribution in [1.82, 2.24) is 0 Å². The summed E-state index contributed by atoms with van der Waals surface area (Å²) in [4.78, 5) is 81.9. The summed E-state index contributed by atoms with van der Waals surface area (Å²) in [6, 6.07) is -1.80. The summed E-state index contributed by atoms with van der Waals surface area (Å²) in [6.45, 7) is 6.77. The molecule has 360 valence electrons. The van der Waals surface area contributed by atoms with Crippen LogP contribution in [0.1, 0.15) is 61.3 Å². The van der Waals surface area contributed by atoms with Crippen LogP contribution in [-0.4, -0.2) is 158 Å². The Morgan fingerprint density at radius 3 is 1.68 bits per heavy atom. The summed E-state index contributed by atoms with van der Waals surface area (Å²) >= 11 is 2.04. The van der Waals surface area contributed by atoms with Crippen molar-refractivity contribution in [3.05, 3.63) is 31.3 Å². The van der Waals surface area contributed by atoms with Crippen LogP contribution < -0.4 is 0 Å². The van der Waals surface area contributed by atoms with Gasteiger partial charge in [-0.1, -0.05) is 44.9 Å². The molecule has 0 radical (unpaired) electrons. The second-order valence-corrected chi connectivity index (χ2v) is 16.8. The van der Waals surface area contributed by atoms with Crippen LogP contribution in [0.25, 0.3) is 31.3 Å².